The molecular formula is C18H17ClF3NO2. The van der Waals surface area contributed by atoms with Gasteiger partial charge in [-0.05, 0) is 36.8 Å². The first kappa shape index (κ1) is 19.1. The third-order valence-electron chi connectivity index (χ3n) is 3.29. The summed E-state index contributed by atoms with van der Waals surface area (Å²) in [4.78, 5) is 5.12. The molecule has 0 heterocycles. The van der Waals surface area contributed by atoms with Crippen LogP contribution in [0, 0.1) is 0 Å². The average molecular weight is 372 g/mol. The Hall–Kier alpha value is -2.21. The molecule has 0 aliphatic rings. The van der Waals surface area contributed by atoms with Crippen molar-refractivity contribution in [3.05, 3.63) is 64.7 Å². The number of alkyl halides is 3. The number of hydrogen-bond acceptors (Lipinski definition) is 3. The summed E-state index contributed by atoms with van der Waals surface area (Å²) in [5, 5.41) is 4.04. The van der Waals surface area contributed by atoms with Crippen LogP contribution < -0.4 is 4.74 Å². The van der Waals surface area contributed by atoms with E-state index in [1.807, 2.05) is 18.2 Å². The number of benzene rings is 2. The van der Waals surface area contributed by atoms with Crippen LogP contribution in [0.4, 0.5) is 13.2 Å². The van der Waals surface area contributed by atoms with Crippen LogP contribution >= 0.6 is 11.6 Å². The van der Waals surface area contributed by atoms with Crippen molar-refractivity contribution in [1.82, 2.24) is 0 Å². The summed E-state index contributed by atoms with van der Waals surface area (Å²) in [5.41, 5.74) is -0.692. The van der Waals surface area contributed by atoms with Crippen LogP contribution in [0.3, 0.4) is 0 Å². The van der Waals surface area contributed by atoms with Gasteiger partial charge in [-0.2, -0.15) is 13.2 Å². The van der Waals surface area contributed by atoms with Crippen molar-refractivity contribution in [3.63, 3.8) is 0 Å². The predicted octanol–water partition coefficient (Wildman–Crippen LogP) is 5.57. The third kappa shape index (κ3) is 5.67. The molecule has 0 aromatic heterocycles. The lowest BCUT2D eigenvalue weighted by Gasteiger charge is -2.14. The molecule has 0 unspecified atom stereocenters. The summed E-state index contributed by atoms with van der Waals surface area (Å²) >= 11 is 5.84. The Morgan fingerprint density at radius 2 is 1.80 bits per heavy atom. The highest BCUT2D eigenvalue weighted by molar-refractivity contribution is 6.31. The molecule has 25 heavy (non-hydrogen) atoms. The second-order valence-corrected chi connectivity index (χ2v) is 5.51. The van der Waals surface area contributed by atoms with Crippen LogP contribution in [0.15, 0.2) is 53.7 Å². The smallest absolute Gasteiger partial charge is 0.417 e. The van der Waals surface area contributed by atoms with Gasteiger partial charge >= 0.3 is 6.18 Å². The molecule has 134 valence electrons. The Labute approximate surface area is 149 Å². The van der Waals surface area contributed by atoms with Gasteiger partial charge in [-0.3, -0.25) is 0 Å². The monoisotopic (exact) mass is 371 g/mol. The van der Waals surface area contributed by atoms with Crippen LogP contribution in [0.25, 0.3) is 0 Å². The molecule has 0 N–H and O–H groups in total. The minimum absolute atomic E-state index is 0.0773. The lowest BCUT2D eigenvalue weighted by Crippen LogP contribution is -2.14. The third-order valence-corrected chi connectivity index (χ3v) is 3.53. The zero-order valence-electron chi connectivity index (χ0n) is 13.5. The van der Waals surface area contributed by atoms with Crippen molar-refractivity contribution >= 4 is 17.3 Å². The Bertz CT molecular complexity index is 718. The number of ether oxygens (including phenoxy) is 1. The van der Waals surface area contributed by atoms with E-state index < -0.39 is 11.7 Å². The minimum atomic E-state index is -4.49. The first-order valence-electron chi connectivity index (χ1n) is 7.65. The van der Waals surface area contributed by atoms with Crippen molar-refractivity contribution in [2.45, 2.75) is 19.5 Å². The number of rotatable bonds is 7. The minimum Gasteiger partial charge on any atom is -0.490 e. The molecule has 0 fully saturated rings. The van der Waals surface area contributed by atoms with Crippen molar-refractivity contribution in [2.75, 3.05) is 13.2 Å². The van der Waals surface area contributed by atoms with Gasteiger partial charge in [-0.1, -0.05) is 41.9 Å². The number of nitrogens with zero attached hydrogens (tertiary/aromatic N) is 1. The summed E-state index contributed by atoms with van der Waals surface area (Å²) in [6, 6.07) is 12.5. The average Bonchev–Trinajstić information content (AvgIpc) is 2.58. The first-order valence-corrected chi connectivity index (χ1v) is 8.03. The van der Waals surface area contributed by atoms with Gasteiger partial charge in [0.1, 0.15) is 12.4 Å². The van der Waals surface area contributed by atoms with Crippen LogP contribution in [0.5, 0.6) is 5.75 Å². The molecule has 0 radical (unpaired) electrons. The van der Waals surface area contributed by atoms with Gasteiger partial charge in [-0.25, -0.2) is 0 Å². The highest BCUT2D eigenvalue weighted by atomic mass is 35.5. The van der Waals surface area contributed by atoms with E-state index in [4.69, 9.17) is 21.2 Å². The molecule has 0 aliphatic heterocycles. The Balaban J connectivity index is 2.04. The van der Waals surface area contributed by atoms with Gasteiger partial charge < -0.3 is 9.57 Å². The standard InChI is InChI=1S/C18H17ClF3NO2/c1-2-17(15-12-13(19)8-9-16(15)18(20,21)22)23-25-11-10-24-14-6-4-3-5-7-14/h3-9,12H,2,10-11H2,1H3/b23-17+. The maximum Gasteiger partial charge on any atom is 0.417 e. The number of oxime groups is 1. The second-order valence-electron chi connectivity index (χ2n) is 5.07. The van der Waals surface area contributed by atoms with E-state index in [1.165, 1.54) is 12.1 Å². The van der Waals surface area contributed by atoms with E-state index in [9.17, 15) is 13.2 Å². The zero-order valence-corrected chi connectivity index (χ0v) is 14.3. The number of halogens is 4. The Morgan fingerprint density at radius 3 is 2.44 bits per heavy atom. The predicted molar refractivity (Wildman–Crippen MR) is 91.2 cm³/mol. The lowest BCUT2D eigenvalue weighted by molar-refractivity contribution is -0.137. The topological polar surface area (TPSA) is 30.8 Å². The molecule has 0 bridgehead atoms. The van der Waals surface area contributed by atoms with Crippen molar-refractivity contribution in [1.29, 1.82) is 0 Å². The van der Waals surface area contributed by atoms with Gasteiger partial charge in [0, 0.05) is 10.6 Å². The fraction of sp³-hybridized carbons (Fsp3) is 0.278. The van der Waals surface area contributed by atoms with Crippen LogP contribution in [0.1, 0.15) is 24.5 Å². The number of para-hydroxylation sites is 1. The van der Waals surface area contributed by atoms with Crippen molar-refractivity contribution < 1.29 is 22.7 Å². The molecule has 0 atom stereocenters. The van der Waals surface area contributed by atoms with Gasteiger partial charge in [0.25, 0.3) is 0 Å². The molecule has 7 heteroatoms. The summed E-state index contributed by atoms with van der Waals surface area (Å²) in [5.74, 6) is 0.681. The SMILES string of the molecule is CC/C(=N\OCCOc1ccccc1)c1cc(Cl)ccc1C(F)(F)F. The van der Waals surface area contributed by atoms with E-state index in [0.29, 0.717) is 5.75 Å². The van der Waals surface area contributed by atoms with E-state index >= 15 is 0 Å². The molecule has 2 aromatic rings. The second kappa shape index (κ2) is 8.76. The maximum atomic E-state index is 13.1. The van der Waals surface area contributed by atoms with Gasteiger partial charge in [0.15, 0.2) is 6.61 Å². The molecule has 0 amide bonds. The fourth-order valence-corrected chi connectivity index (χ4v) is 2.32. The highest BCUT2D eigenvalue weighted by Gasteiger charge is 2.34. The Kier molecular flexibility index (Phi) is 6.70. The summed E-state index contributed by atoms with van der Waals surface area (Å²) in [6.45, 7) is 2.04. The fourth-order valence-electron chi connectivity index (χ4n) is 2.14. The van der Waals surface area contributed by atoms with Crippen LogP contribution in [-0.4, -0.2) is 18.9 Å². The molecule has 3 nitrogen and oxygen atoms in total. The quantitative estimate of drug-likeness (QED) is 0.362. The molecule has 0 saturated heterocycles. The molecule has 0 saturated carbocycles. The van der Waals surface area contributed by atoms with E-state index in [0.717, 1.165) is 6.07 Å². The van der Waals surface area contributed by atoms with Gasteiger partial charge in [0.05, 0.1) is 11.3 Å². The lowest BCUT2D eigenvalue weighted by atomic mass is 10.0. The molecular weight excluding hydrogens is 355 g/mol. The van der Waals surface area contributed by atoms with E-state index in [-0.39, 0.29) is 35.9 Å². The van der Waals surface area contributed by atoms with Crippen LogP contribution in [-0.2, 0) is 11.0 Å². The molecule has 2 aromatic carbocycles. The summed E-state index contributed by atoms with van der Waals surface area (Å²) in [7, 11) is 0. The van der Waals surface area contributed by atoms with Gasteiger partial charge in [0.2, 0.25) is 0 Å². The van der Waals surface area contributed by atoms with Crippen molar-refractivity contribution in [2.24, 2.45) is 5.16 Å². The molecule has 2 rings (SSSR count). The summed E-state index contributed by atoms with van der Waals surface area (Å²) < 4.78 is 44.9. The Morgan fingerprint density at radius 1 is 1.08 bits per heavy atom. The largest absolute Gasteiger partial charge is 0.490 e. The maximum absolute atomic E-state index is 13.1. The summed E-state index contributed by atoms with van der Waals surface area (Å²) in [6.07, 6.45) is -4.23. The number of hydrogen-bond donors (Lipinski definition) is 0. The van der Waals surface area contributed by atoms with Gasteiger partial charge in [-0.15, -0.1) is 0 Å². The normalized spacial score (nSPS) is 12.1. The molecule has 0 aliphatic carbocycles. The van der Waals surface area contributed by atoms with E-state index in [1.54, 1.807) is 19.1 Å². The van der Waals surface area contributed by atoms with E-state index in [2.05, 4.69) is 5.16 Å². The highest BCUT2D eigenvalue weighted by Crippen LogP contribution is 2.34. The van der Waals surface area contributed by atoms with Crippen LogP contribution in [0.2, 0.25) is 5.02 Å². The molecule has 0 spiro atoms. The first-order chi connectivity index (χ1) is 11.9. The zero-order chi connectivity index (χ0) is 18.3. The van der Waals surface area contributed by atoms with Crippen molar-refractivity contribution in [3.8, 4) is 5.75 Å².